The number of rotatable bonds is 13. The summed E-state index contributed by atoms with van der Waals surface area (Å²) >= 11 is 0. The molecule has 2 aliphatic rings. The lowest BCUT2D eigenvalue weighted by Gasteiger charge is -2.38. The van der Waals surface area contributed by atoms with E-state index in [1.165, 1.54) is 30.3 Å². The number of aryl methyl sites for hydroxylation is 1. The van der Waals surface area contributed by atoms with Crippen LogP contribution in [-0.2, 0) is 23.7 Å². The first-order chi connectivity index (χ1) is 22.6. The molecule has 3 aromatic carbocycles. The van der Waals surface area contributed by atoms with Crippen molar-refractivity contribution in [3.8, 4) is 11.1 Å². The first-order valence-corrected chi connectivity index (χ1v) is 17.3. The fourth-order valence-corrected chi connectivity index (χ4v) is 7.67. The second-order valence-corrected chi connectivity index (χ2v) is 13.5. The lowest BCUT2D eigenvalue weighted by Crippen LogP contribution is -2.32. The number of hydrogen-bond donors (Lipinski definition) is 0. The molecule has 0 radical (unpaired) electrons. The summed E-state index contributed by atoms with van der Waals surface area (Å²) in [6, 6.07) is 11.3. The fraction of sp³-hybridized carbons (Fsp3) is 0.500. The summed E-state index contributed by atoms with van der Waals surface area (Å²) in [5.74, 6) is -1.71. The van der Waals surface area contributed by atoms with E-state index in [2.05, 4.69) is 13.5 Å². The maximum Gasteiger partial charge on any atom is 0.386 e. The summed E-state index contributed by atoms with van der Waals surface area (Å²) in [4.78, 5) is 0. The minimum absolute atomic E-state index is 0.0181. The van der Waals surface area contributed by atoms with Crippen molar-refractivity contribution in [2.75, 3.05) is 0 Å². The molecule has 0 saturated heterocycles. The van der Waals surface area contributed by atoms with E-state index in [0.717, 1.165) is 68.9 Å². The van der Waals surface area contributed by atoms with Crippen LogP contribution in [-0.4, -0.2) is 6.10 Å². The summed E-state index contributed by atoms with van der Waals surface area (Å²) in [6.45, 7) is 5.67. The van der Waals surface area contributed by atoms with E-state index in [0.29, 0.717) is 37.5 Å². The van der Waals surface area contributed by atoms with E-state index in [4.69, 9.17) is 4.74 Å². The summed E-state index contributed by atoms with van der Waals surface area (Å²) in [5, 5.41) is 0. The molecule has 1 nitrogen and oxygen atoms in total. The fourth-order valence-electron chi connectivity index (χ4n) is 7.67. The van der Waals surface area contributed by atoms with Crippen LogP contribution in [0.1, 0.15) is 112 Å². The van der Waals surface area contributed by atoms with Crippen molar-refractivity contribution in [2.24, 2.45) is 11.8 Å². The number of halogens is 6. The van der Waals surface area contributed by atoms with Gasteiger partial charge in [0.1, 0.15) is 23.3 Å². The molecule has 5 rings (SSSR count). The van der Waals surface area contributed by atoms with Gasteiger partial charge in [0, 0.05) is 11.1 Å². The zero-order valence-corrected chi connectivity index (χ0v) is 27.3. The van der Waals surface area contributed by atoms with Gasteiger partial charge in [0.05, 0.1) is 11.7 Å². The van der Waals surface area contributed by atoms with Gasteiger partial charge in [-0.15, -0.1) is 6.58 Å². The van der Waals surface area contributed by atoms with E-state index in [1.807, 2.05) is 6.07 Å². The number of hydrogen-bond acceptors (Lipinski definition) is 1. The van der Waals surface area contributed by atoms with Crippen LogP contribution >= 0.6 is 0 Å². The largest absolute Gasteiger partial charge is 0.386 e. The molecule has 2 saturated carbocycles. The minimum atomic E-state index is -3.68. The molecule has 0 aromatic heterocycles. The predicted octanol–water partition coefficient (Wildman–Crippen LogP) is 12.4. The van der Waals surface area contributed by atoms with Crippen LogP contribution < -0.4 is 0 Å². The molecule has 2 fully saturated rings. The Hall–Kier alpha value is -3.06. The molecular weight excluding hydrogens is 610 g/mol. The SMILES string of the molecule is C=CCCc1c(F)cc(-c2ccc(C3CCC(C4CCC(OC(F)(F)c5ccc(CCCCC)cc5F)CC4)CC3)cc2F)cc1F. The molecule has 3 aromatic rings. The first-order valence-electron chi connectivity index (χ1n) is 17.3. The Bertz CT molecular complexity index is 1480. The Kier molecular flexibility index (Phi) is 11.9. The molecular formula is C40H46F6O. The Morgan fingerprint density at radius 3 is 2.00 bits per heavy atom. The molecule has 0 spiro atoms. The lowest BCUT2D eigenvalue weighted by molar-refractivity contribution is -0.279. The number of benzene rings is 3. The van der Waals surface area contributed by atoms with E-state index in [-0.39, 0.29) is 29.0 Å². The maximum absolute atomic E-state index is 15.2. The van der Waals surface area contributed by atoms with Crippen LogP contribution in [0, 0.1) is 35.1 Å². The van der Waals surface area contributed by atoms with Gasteiger partial charge in [-0.2, -0.15) is 8.78 Å². The Balaban J connectivity index is 1.11. The van der Waals surface area contributed by atoms with Crippen molar-refractivity contribution in [2.45, 2.75) is 115 Å². The molecule has 0 unspecified atom stereocenters. The van der Waals surface area contributed by atoms with Crippen LogP contribution in [0.5, 0.6) is 0 Å². The molecule has 0 N–H and O–H groups in total. The normalized spacial score (nSPS) is 21.9. The van der Waals surface area contributed by atoms with E-state index in [9.17, 15) is 13.2 Å². The van der Waals surface area contributed by atoms with Gasteiger partial charge in [0.2, 0.25) is 0 Å². The third-order valence-corrected chi connectivity index (χ3v) is 10.4. The summed E-state index contributed by atoms with van der Waals surface area (Å²) in [6.07, 6.45) is 7.92. The van der Waals surface area contributed by atoms with Crippen LogP contribution in [0.2, 0.25) is 0 Å². The van der Waals surface area contributed by atoms with Crippen LogP contribution in [0.25, 0.3) is 11.1 Å². The molecule has 47 heavy (non-hydrogen) atoms. The highest BCUT2D eigenvalue weighted by Crippen LogP contribution is 2.45. The van der Waals surface area contributed by atoms with Gasteiger partial charge in [-0.3, -0.25) is 0 Å². The van der Waals surface area contributed by atoms with Gasteiger partial charge in [0.25, 0.3) is 0 Å². The second kappa shape index (κ2) is 15.9. The van der Waals surface area contributed by atoms with E-state index < -0.39 is 41.0 Å². The molecule has 7 heteroatoms. The van der Waals surface area contributed by atoms with E-state index >= 15 is 13.2 Å². The predicted molar refractivity (Wildman–Crippen MR) is 175 cm³/mol. The smallest absolute Gasteiger partial charge is 0.313 e. The Morgan fingerprint density at radius 1 is 0.745 bits per heavy atom. The van der Waals surface area contributed by atoms with Crippen molar-refractivity contribution in [1.82, 2.24) is 0 Å². The molecule has 0 heterocycles. The van der Waals surface area contributed by atoms with Crippen molar-refractivity contribution in [3.05, 3.63) is 107 Å². The zero-order chi connectivity index (χ0) is 33.6. The van der Waals surface area contributed by atoms with Gasteiger partial charge in [0.15, 0.2) is 0 Å². The lowest BCUT2D eigenvalue weighted by atomic mass is 9.69. The van der Waals surface area contributed by atoms with Crippen LogP contribution in [0.3, 0.4) is 0 Å². The van der Waals surface area contributed by atoms with Crippen molar-refractivity contribution < 1.29 is 31.1 Å². The molecule has 0 atom stereocenters. The Labute approximate surface area is 275 Å². The summed E-state index contributed by atoms with van der Waals surface area (Å²) in [7, 11) is 0. The van der Waals surface area contributed by atoms with Crippen molar-refractivity contribution in [1.29, 1.82) is 0 Å². The van der Waals surface area contributed by atoms with Crippen molar-refractivity contribution in [3.63, 3.8) is 0 Å². The summed E-state index contributed by atoms with van der Waals surface area (Å²) < 4.78 is 94.3. The highest BCUT2D eigenvalue weighted by Gasteiger charge is 2.41. The standard InChI is InChI=1S/C40H46F6O/c1-3-5-7-8-26-10-21-35(39(44)22-26)40(45,46)47-32-18-15-28(16-19-32)27-11-13-29(14-12-27)30-17-20-33(36(41)23-30)31-24-37(42)34(9-6-4-2)38(43)25-31/h4,10,17,20-25,27-29,32H,2-3,5-9,11-16,18-19H2,1H3. The molecule has 254 valence electrons. The molecule has 0 amide bonds. The minimum Gasteiger partial charge on any atom is -0.313 e. The average Bonchev–Trinajstić information content (AvgIpc) is 3.04. The third-order valence-electron chi connectivity index (χ3n) is 10.4. The Morgan fingerprint density at radius 2 is 1.40 bits per heavy atom. The van der Waals surface area contributed by atoms with Gasteiger partial charge in [-0.1, -0.05) is 44.0 Å². The molecule has 0 aliphatic heterocycles. The van der Waals surface area contributed by atoms with Gasteiger partial charge < -0.3 is 4.74 Å². The van der Waals surface area contributed by atoms with Gasteiger partial charge >= 0.3 is 6.11 Å². The van der Waals surface area contributed by atoms with Crippen LogP contribution in [0.4, 0.5) is 26.3 Å². The average molecular weight is 657 g/mol. The van der Waals surface area contributed by atoms with Crippen LogP contribution in [0.15, 0.2) is 61.2 Å². The number of ether oxygens (including phenoxy) is 1. The van der Waals surface area contributed by atoms with Gasteiger partial charge in [-0.05, 0) is 142 Å². The number of unbranched alkanes of at least 4 members (excludes halogenated alkanes) is 2. The van der Waals surface area contributed by atoms with E-state index in [1.54, 1.807) is 18.2 Å². The second-order valence-electron chi connectivity index (χ2n) is 13.5. The van der Waals surface area contributed by atoms with Gasteiger partial charge in [-0.25, -0.2) is 17.6 Å². The molecule has 2 aliphatic carbocycles. The third kappa shape index (κ3) is 8.70. The quantitative estimate of drug-likeness (QED) is 0.101. The monoisotopic (exact) mass is 656 g/mol. The highest BCUT2D eigenvalue weighted by molar-refractivity contribution is 5.65. The topological polar surface area (TPSA) is 9.23 Å². The molecule has 0 bridgehead atoms. The number of alkyl halides is 2. The zero-order valence-electron chi connectivity index (χ0n) is 27.3. The highest BCUT2D eigenvalue weighted by atomic mass is 19.3. The van der Waals surface area contributed by atoms with Crippen molar-refractivity contribution >= 4 is 0 Å². The maximum atomic E-state index is 15.2. The summed E-state index contributed by atoms with van der Waals surface area (Å²) in [5.41, 5.74) is 1.24. The first kappa shape index (κ1) is 35.3. The number of allylic oxidation sites excluding steroid dienone is 1.